The van der Waals surface area contributed by atoms with E-state index in [4.69, 9.17) is 0 Å². The van der Waals surface area contributed by atoms with Crippen molar-refractivity contribution < 1.29 is 21.6 Å². The van der Waals surface area contributed by atoms with E-state index in [9.17, 15) is 21.6 Å². The van der Waals surface area contributed by atoms with E-state index in [0.717, 1.165) is 0 Å². The number of hydrogen-bond donors (Lipinski definition) is 1. The Labute approximate surface area is 58.0 Å². The SMILES string of the molecule is CCC([SH](=O)=O)C(F)(F)F. The van der Waals surface area contributed by atoms with E-state index in [-0.39, 0.29) is 0 Å². The maximum absolute atomic E-state index is 11.6. The minimum Gasteiger partial charge on any atom is -0.231 e. The van der Waals surface area contributed by atoms with Gasteiger partial charge in [0.2, 0.25) is 0 Å². The van der Waals surface area contributed by atoms with Crippen LogP contribution in [0.5, 0.6) is 0 Å². The Hall–Kier alpha value is -0.260. The van der Waals surface area contributed by atoms with Gasteiger partial charge in [0.1, 0.15) is 0 Å². The van der Waals surface area contributed by atoms with E-state index < -0.39 is 28.6 Å². The summed E-state index contributed by atoms with van der Waals surface area (Å²) in [4.78, 5) is 0. The second-order valence-electron chi connectivity index (χ2n) is 1.75. The van der Waals surface area contributed by atoms with E-state index in [1.54, 1.807) is 0 Å². The molecule has 0 aliphatic heterocycles. The highest BCUT2D eigenvalue weighted by Crippen LogP contribution is 2.24. The van der Waals surface area contributed by atoms with Crippen LogP contribution in [0.3, 0.4) is 0 Å². The van der Waals surface area contributed by atoms with Crippen LogP contribution in [0.1, 0.15) is 13.3 Å². The first-order valence-electron chi connectivity index (χ1n) is 2.59. The smallest absolute Gasteiger partial charge is 0.231 e. The lowest BCUT2D eigenvalue weighted by molar-refractivity contribution is -0.130. The molecule has 1 atom stereocenters. The van der Waals surface area contributed by atoms with Gasteiger partial charge in [-0.25, -0.2) is 8.42 Å². The van der Waals surface area contributed by atoms with Crippen molar-refractivity contribution in [2.45, 2.75) is 24.8 Å². The Bertz CT molecular complexity index is 164. The molecule has 0 aromatic heterocycles. The lowest BCUT2D eigenvalue weighted by atomic mass is 10.3. The first kappa shape index (κ1) is 9.74. The van der Waals surface area contributed by atoms with Crippen LogP contribution in [0.25, 0.3) is 0 Å². The quantitative estimate of drug-likeness (QED) is 0.635. The van der Waals surface area contributed by atoms with Crippen LogP contribution in [-0.4, -0.2) is 19.8 Å². The highest BCUT2D eigenvalue weighted by atomic mass is 32.2. The zero-order valence-electron chi connectivity index (χ0n) is 5.18. The Morgan fingerprint density at radius 2 is 1.80 bits per heavy atom. The van der Waals surface area contributed by atoms with Crippen molar-refractivity contribution in [3.63, 3.8) is 0 Å². The van der Waals surface area contributed by atoms with E-state index in [1.165, 1.54) is 6.92 Å². The molecule has 0 spiro atoms. The third-order valence-electron chi connectivity index (χ3n) is 1.02. The first-order chi connectivity index (χ1) is 4.39. The van der Waals surface area contributed by atoms with Crippen LogP contribution in [0, 0.1) is 0 Å². The van der Waals surface area contributed by atoms with Gasteiger partial charge in [0, 0.05) is 0 Å². The fourth-order valence-corrected chi connectivity index (χ4v) is 1.04. The van der Waals surface area contributed by atoms with Gasteiger partial charge in [-0.15, -0.1) is 0 Å². The standard InChI is InChI=1S/C4H7F3O2S/c1-2-3(10(8)9)4(5,6)7/h3,10H,2H2,1H3. The van der Waals surface area contributed by atoms with Crippen molar-refractivity contribution in [1.82, 2.24) is 0 Å². The largest absolute Gasteiger partial charge is 0.405 e. The van der Waals surface area contributed by atoms with Crippen molar-refractivity contribution in [2.24, 2.45) is 0 Å². The van der Waals surface area contributed by atoms with Gasteiger partial charge in [0.25, 0.3) is 0 Å². The Morgan fingerprint density at radius 1 is 1.40 bits per heavy atom. The molecule has 0 rings (SSSR count). The minimum absolute atomic E-state index is 0.414. The average Bonchev–Trinajstić information content (AvgIpc) is 1.60. The van der Waals surface area contributed by atoms with Crippen LogP contribution in [-0.2, 0) is 10.7 Å². The van der Waals surface area contributed by atoms with Gasteiger partial charge >= 0.3 is 6.18 Å². The Kier molecular flexibility index (Phi) is 3.14. The molecule has 0 N–H and O–H groups in total. The van der Waals surface area contributed by atoms with Crippen LogP contribution < -0.4 is 0 Å². The molecule has 0 aromatic carbocycles. The predicted octanol–water partition coefficient (Wildman–Crippen LogP) is 0.939. The van der Waals surface area contributed by atoms with Crippen molar-refractivity contribution in [3.8, 4) is 0 Å². The number of thiol groups is 1. The number of rotatable bonds is 2. The zero-order chi connectivity index (χ0) is 8.36. The molecule has 0 heterocycles. The molecule has 0 aliphatic rings. The average molecular weight is 176 g/mol. The van der Waals surface area contributed by atoms with Crippen LogP contribution >= 0.6 is 0 Å². The van der Waals surface area contributed by atoms with Crippen LogP contribution in [0.15, 0.2) is 0 Å². The van der Waals surface area contributed by atoms with Crippen molar-refractivity contribution in [1.29, 1.82) is 0 Å². The fourth-order valence-electron chi connectivity index (χ4n) is 0.500. The third-order valence-corrected chi connectivity index (χ3v) is 2.19. The second kappa shape index (κ2) is 3.23. The molecule has 0 bridgehead atoms. The molecular weight excluding hydrogens is 169 g/mol. The number of hydrogen-bond acceptors (Lipinski definition) is 2. The number of halogens is 3. The van der Waals surface area contributed by atoms with Gasteiger partial charge < -0.3 is 0 Å². The van der Waals surface area contributed by atoms with E-state index >= 15 is 0 Å². The molecule has 0 saturated heterocycles. The molecule has 6 heteroatoms. The van der Waals surface area contributed by atoms with Gasteiger partial charge in [0.05, 0.1) is 0 Å². The molecular formula is C4H7F3O2S. The molecule has 62 valence electrons. The Balaban J connectivity index is 4.37. The van der Waals surface area contributed by atoms with Gasteiger partial charge in [0.15, 0.2) is 16.0 Å². The Morgan fingerprint density at radius 3 is 1.80 bits per heavy atom. The van der Waals surface area contributed by atoms with Gasteiger partial charge in [-0.3, -0.25) is 0 Å². The minimum atomic E-state index is -4.61. The van der Waals surface area contributed by atoms with E-state index in [0.29, 0.717) is 0 Å². The van der Waals surface area contributed by atoms with E-state index in [1.807, 2.05) is 0 Å². The molecule has 0 radical (unpaired) electrons. The molecule has 0 aromatic rings. The van der Waals surface area contributed by atoms with E-state index in [2.05, 4.69) is 0 Å². The molecule has 0 aliphatic carbocycles. The van der Waals surface area contributed by atoms with Crippen molar-refractivity contribution in [2.75, 3.05) is 0 Å². The molecule has 0 amide bonds. The summed E-state index contributed by atoms with van der Waals surface area (Å²) in [6, 6.07) is 0. The third kappa shape index (κ3) is 2.55. The molecule has 0 saturated carbocycles. The monoisotopic (exact) mass is 176 g/mol. The lowest BCUT2D eigenvalue weighted by Gasteiger charge is -2.10. The summed E-state index contributed by atoms with van der Waals surface area (Å²) in [6.07, 6.45) is -5.02. The van der Waals surface area contributed by atoms with Gasteiger partial charge in [-0.2, -0.15) is 13.2 Å². The molecule has 2 nitrogen and oxygen atoms in total. The van der Waals surface area contributed by atoms with Crippen molar-refractivity contribution >= 4 is 10.7 Å². The fraction of sp³-hybridized carbons (Fsp3) is 1.00. The predicted molar refractivity (Wildman–Crippen MR) is 30.4 cm³/mol. The first-order valence-corrected chi connectivity index (χ1v) is 3.84. The second-order valence-corrected chi connectivity index (χ2v) is 2.95. The highest BCUT2D eigenvalue weighted by molar-refractivity contribution is 7.73. The van der Waals surface area contributed by atoms with Crippen LogP contribution in [0.4, 0.5) is 13.2 Å². The summed E-state index contributed by atoms with van der Waals surface area (Å²) < 4.78 is 54.6. The maximum Gasteiger partial charge on any atom is 0.405 e. The molecule has 1 unspecified atom stereocenters. The summed E-state index contributed by atoms with van der Waals surface area (Å²) >= 11 is 0. The zero-order valence-corrected chi connectivity index (χ0v) is 6.08. The normalized spacial score (nSPS) is 15.7. The van der Waals surface area contributed by atoms with Crippen molar-refractivity contribution in [3.05, 3.63) is 0 Å². The van der Waals surface area contributed by atoms with Crippen LogP contribution in [0.2, 0.25) is 0 Å². The summed E-state index contributed by atoms with van der Waals surface area (Å²) in [6.45, 7) is 1.18. The lowest BCUT2D eigenvalue weighted by Crippen LogP contribution is -2.29. The van der Waals surface area contributed by atoms with Gasteiger partial charge in [-0.05, 0) is 6.42 Å². The maximum atomic E-state index is 11.6. The summed E-state index contributed by atoms with van der Waals surface area (Å²) in [5.74, 6) is 0. The molecule has 10 heavy (non-hydrogen) atoms. The van der Waals surface area contributed by atoms with Gasteiger partial charge in [-0.1, -0.05) is 6.92 Å². The topological polar surface area (TPSA) is 34.1 Å². The highest BCUT2D eigenvalue weighted by Gasteiger charge is 2.40. The summed E-state index contributed by atoms with van der Waals surface area (Å²) in [5.41, 5.74) is 0. The summed E-state index contributed by atoms with van der Waals surface area (Å²) in [7, 11) is -3.38. The summed E-state index contributed by atoms with van der Waals surface area (Å²) in [5, 5.41) is -2.18. The molecule has 0 fully saturated rings. The number of alkyl halides is 3.